The number of benzene rings is 2. The van der Waals surface area contributed by atoms with Gasteiger partial charge in [-0.3, -0.25) is 0 Å². The fourth-order valence-electron chi connectivity index (χ4n) is 4.39. The van der Waals surface area contributed by atoms with Crippen molar-refractivity contribution in [2.75, 3.05) is 37.8 Å². The summed E-state index contributed by atoms with van der Waals surface area (Å²) >= 11 is 1.02. The van der Waals surface area contributed by atoms with Gasteiger partial charge in [-0.05, 0) is 103 Å². The van der Waals surface area contributed by atoms with E-state index in [-0.39, 0.29) is 16.4 Å². The summed E-state index contributed by atoms with van der Waals surface area (Å²) in [5.41, 5.74) is 7.13. The number of aliphatic carboxylic acids is 1. The molecule has 12 heteroatoms. The molecule has 2 heterocycles. The highest BCUT2D eigenvalue weighted by atomic mass is 32.1. The van der Waals surface area contributed by atoms with E-state index in [2.05, 4.69) is 17.3 Å². The fourth-order valence-corrected chi connectivity index (χ4v) is 5.40. The van der Waals surface area contributed by atoms with E-state index < -0.39 is 29.7 Å². The summed E-state index contributed by atoms with van der Waals surface area (Å²) in [6.45, 7) is 16.1. The molecule has 0 aliphatic carbocycles. The van der Waals surface area contributed by atoms with Crippen LogP contribution in [0.15, 0.2) is 48.5 Å². The molecule has 1 saturated heterocycles. The number of rotatable bonds is 8. The SMILES string of the molecule is C=O.CC.CC(C)(O)c1cccc(N)c1.CN1CCC(Nc2cccc(-c3sc(C(=O)OC(C)(C)C)c(OCC(=O)O)c3O)c2)CC1. The number of nitrogens with two attached hydrogens (primary N) is 1. The summed E-state index contributed by atoms with van der Waals surface area (Å²) in [4.78, 5) is 34.5. The summed E-state index contributed by atoms with van der Waals surface area (Å²) in [5, 5.41) is 32.9. The number of thiophene rings is 1. The molecule has 0 unspecified atom stereocenters. The number of ether oxygens (including phenoxy) is 2. The molecular weight excluding hydrogens is 622 g/mol. The third-order valence-corrected chi connectivity index (χ3v) is 7.76. The van der Waals surface area contributed by atoms with Crippen LogP contribution in [-0.2, 0) is 19.9 Å². The molecule has 4 rings (SSSR count). The van der Waals surface area contributed by atoms with Crippen LogP contribution in [0, 0.1) is 0 Å². The van der Waals surface area contributed by atoms with Crippen LogP contribution in [0.2, 0.25) is 0 Å². The number of carboxylic acids is 1. The average molecular weight is 674 g/mol. The topological polar surface area (TPSA) is 172 Å². The summed E-state index contributed by atoms with van der Waals surface area (Å²) in [5.74, 6) is -2.33. The fraction of sp³-hybridized carbons (Fsp3) is 0.457. The number of hydrogen-bond acceptors (Lipinski definition) is 11. The van der Waals surface area contributed by atoms with E-state index in [9.17, 15) is 19.8 Å². The Morgan fingerprint density at radius 2 is 1.64 bits per heavy atom. The van der Waals surface area contributed by atoms with Crippen molar-refractivity contribution in [3.63, 3.8) is 0 Å². The second kappa shape index (κ2) is 18.9. The van der Waals surface area contributed by atoms with Crippen molar-refractivity contribution in [2.45, 2.75) is 78.6 Å². The van der Waals surface area contributed by atoms with Gasteiger partial charge in [-0.25, -0.2) is 9.59 Å². The lowest BCUT2D eigenvalue weighted by atomic mass is 9.98. The molecule has 6 N–H and O–H groups in total. The van der Waals surface area contributed by atoms with E-state index in [1.807, 2.05) is 57.0 Å². The van der Waals surface area contributed by atoms with Crippen LogP contribution in [-0.4, -0.2) is 77.3 Å². The van der Waals surface area contributed by atoms with Gasteiger partial charge in [-0.2, -0.15) is 0 Å². The molecular formula is C35H51N3O8S. The molecule has 1 aliphatic rings. The summed E-state index contributed by atoms with van der Waals surface area (Å²) in [6, 6.07) is 15.2. The van der Waals surface area contributed by atoms with Crippen LogP contribution in [0.25, 0.3) is 10.4 Å². The number of nitrogens with zero attached hydrogens (tertiary/aromatic N) is 1. The number of aromatic hydroxyl groups is 1. The van der Waals surface area contributed by atoms with E-state index >= 15 is 0 Å². The van der Waals surface area contributed by atoms with Gasteiger partial charge in [0.05, 0.1) is 10.5 Å². The zero-order chi connectivity index (χ0) is 35.9. The van der Waals surface area contributed by atoms with Gasteiger partial charge in [0.1, 0.15) is 12.4 Å². The van der Waals surface area contributed by atoms with Gasteiger partial charge in [0.25, 0.3) is 0 Å². The van der Waals surface area contributed by atoms with Crippen LogP contribution >= 0.6 is 11.3 Å². The number of nitrogen functional groups attached to an aromatic ring is 1. The number of carboxylic acid groups (broad SMARTS) is 1. The Morgan fingerprint density at radius 1 is 1.04 bits per heavy atom. The van der Waals surface area contributed by atoms with Crippen molar-refractivity contribution in [3.05, 3.63) is 59.0 Å². The summed E-state index contributed by atoms with van der Waals surface area (Å²) in [6.07, 6.45) is 2.09. The summed E-state index contributed by atoms with van der Waals surface area (Å²) in [7, 11) is 2.11. The first-order valence-corrected chi connectivity index (χ1v) is 16.2. The van der Waals surface area contributed by atoms with Gasteiger partial charge in [0.15, 0.2) is 23.0 Å². The van der Waals surface area contributed by atoms with E-state index in [1.54, 1.807) is 46.8 Å². The average Bonchev–Trinajstić information content (AvgIpc) is 3.34. The lowest BCUT2D eigenvalue weighted by Gasteiger charge is -2.30. The minimum absolute atomic E-state index is 0.0300. The van der Waals surface area contributed by atoms with E-state index in [0.29, 0.717) is 22.2 Å². The predicted molar refractivity (Wildman–Crippen MR) is 188 cm³/mol. The van der Waals surface area contributed by atoms with E-state index in [1.165, 1.54) is 0 Å². The highest BCUT2D eigenvalue weighted by molar-refractivity contribution is 7.18. The van der Waals surface area contributed by atoms with E-state index in [0.717, 1.165) is 48.5 Å². The molecule has 3 aromatic rings. The molecule has 1 aliphatic heterocycles. The van der Waals surface area contributed by atoms with Gasteiger partial charge in [-0.1, -0.05) is 38.1 Å². The molecule has 260 valence electrons. The first kappa shape index (κ1) is 40.9. The van der Waals surface area contributed by atoms with Crippen molar-refractivity contribution >= 4 is 41.4 Å². The Hall–Kier alpha value is -4.13. The summed E-state index contributed by atoms with van der Waals surface area (Å²) < 4.78 is 10.7. The minimum atomic E-state index is -1.21. The van der Waals surface area contributed by atoms with Gasteiger partial charge in [0, 0.05) is 17.4 Å². The number of nitrogens with one attached hydrogen (secondary N) is 1. The number of hydrogen-bond donors (Lipinski definition) is 5. The smallest absolute Gasteiger partial charge is 0.352 e. The molecule has 2 aromatic carbocycles. The van der Waals surface area contributed by atoms with Gasteiger partial charge in [-0.15, -0.1) is 11.3 Å². The maximum absolute atomic E-state index is 12.7. The first-order valence-electron chi connectivity index (χ1n) is 15.4. The maximum atomic E-state index is 12.7. The Morgan fingerprint density at radius 3 is 2.15 bits per heavy atom. The minimum Gasteiger partial charge on any atom is -0.503 e. The van der Waals surface area contributed by atoms with E-state index in [4.69, 9.17) is 25.1 Å². The molecule has 0 spiro atoms. The predicted octanol–water partition coefficient (Wildman–Crippen LogP) is 6.38. The van der Waals surface area contributed by atoms with Crippen molar-refractivity contribution in [1.82, 2.24) is 4.90 Å². The lowest BCUT2D eigenvalue weighted by molar-refractivity contribution is -0.139. The van der Waals surface area contributed by atoms with Gasteiger partial charge in [0.2, 0.25) is 0 Å². The highest BCUT2D eigenvalue weighted by Gasteiger charge is 2.29. The van der Waals surface area contributed by atoms with Gasteiger partial charge >= 0.3 is 11.9 Å². The van der Waals surface area contributed by atoms with Crippen LogP contribution in [0.5, 0.6) is 11.5 Å². The largest absolute Gasteiger partial charge is 0.503 e. The monoisotopic (exact) mass is 673 g/mol. The number of carbonyl (C=O) groups excluding carboxylic acids is 2. The molecule has 0 atom stereocenters. The Bertz CT molecular complexity index is 1420. The maximum Gasteiger partial charge on any atom is 0.352 e. The van der Waals surface area contributed by atoms with Crippen molar-refractivity contribution in [2.24, 2.45) is 0 Å². The van der Waals surface area contributed by atoms with Crippen LogP contribution in [0.4, 0.5) is 11.4 Å². The molecule has 0 saturated carbocycles. The number of likely N-dealkylation sites (tertiary alicyclic amines) is 1. The second-order valence-corrected chi connectivity index (χ2v) is 13.1. The Balaban J connectivity index is 0.000000615. The van der Waals surface area contributed by atoms with Crippen LogP contribution in [0.3, 0.4) is 0 Å². The van der Waals surface area contributed by atoms with Crippen molar-refractivity contribution < 1.29 is 39.2 Å². The standard InChI is InChI=1S/C23H30N2O6S.C9H13NO.C2H6.CH2O/c1-23(2,3)31-22(29)21-19(30-13-17(26)27)18(28)20(32-21)14-6-5-7-16(12-14)24-15-8-10-25(4)11-9-15;1-9(2,11)7-4-3-5-8(10)6-7;2*1-2/h5-7,12,15,24,28H,8-11,13H2,1-4H3,(H,26,27);3-6,11H,10H2,1-2H3;1-2H3;1H2. The third kappa shape index (κ3) is 13.6. The number of piperidine rings is 1. The molecule has 47 heavy (non-hydrogen) atoms. The Labute approximate surface area is 282 Å². The molecule has 0 amide bonds. The molecule has 0 radical (unpaired) electrons. The number of anilines is 2. The zero-order valence-corrected chi connectivity index (χ0v) is 29.6. The number of carbonyl (C=O) groups is 3. The Kier molecular flexibility index (Phi) is 16.4. The first-order chi connectivity index (χ1) is 22.0. The third-order valence-electron chi connectivity index (χ3n) is 6.57. The number of esters is 1. The lowest BCUT2D eigenvalue weighted by Crippen LogP contribution is -2.36. The molecule has 11 nitrogen and oxygen atoms in total. The molecule has 1 fully saturated rings. The molecule has 0 bridgehead atoms. The van der Waals surface area contributed by atoms with Crippen LogP contribution < -0.4 is 15.8 Å². The second-order valence-electron chi connectivity index (χ2n) is 12.1. The van der Waals surface area contributed by atoms with Gasteiger partial charge < -0.3 is 45.5 Å². The van der Waals surface area contributed by atoms with Crippen molar-refractivity contribution in [1.29, 1.82) is 0 Å². The molecule has 1 aromatic heterocycles. The highest BCUT2D eigenvalue weighted by Crippen LogP contribution is 2.48. The zero-order valence-electron chi connectivity index (χ0n) is 28.8. The number of aliphatic hydroxyl groups is 1. The van der Waals surface area contributed by atoms with Crippen molar-refractivity contribution in [3.8, 4) is 21.9 Å². The quantitative estimate of drug-likeness (QED) is 0.133. The normalized spacial score (nSPS) is 13.4. The van der Waals surface area contributed by atoms with Crippen LogP contribution in [0.1, 0.15) is 76.5 Å².